The van der Waals surface area contributed by atoms with Gasteiger partial charge in [-0.2, -0.15) is 0 Å². The molecule has 4 aromatic rings. The van der Waals surface area contributed by atoms with Gasteiger partial charge in [-0.15, -0.1) is 22.7 Å². The fourth-order valence-corrected chi connectivity index (χ4v) is 7.96. The fourth-order valence-electron chi connectivity index (χ4n) is 4.98. The summed E-state index contributed by atoms with van der Waals surface area (Å²) in [4.78, 5) is 4.94. The summed E-state index contributed by atoms with van der Waals surface area (Å²) in [6, 6.07) is 12.2. The summed E-state index contributed by atoms with van der Waals surface area (Å²) < 4.78 is 25.3. The van der Waals surface area contributed by atoms with Gasteiger partial charge in [0.15, 0.2) is 0 Å². The zero-order valence-electron chi connectivity index (χ0n) is 27.2. The van der Waals surface area contributed by atoms with E-state index < -0.39 is 0 Å². The van der Waals surface area contributed by atoms with Crippen LogP contribution in [-0.4, -0.2) is 24.4 Å². The second-order valence-electron chi connectivity index (χ2n) is 11.9. The number of hydrogen-bond donors (Lipinski definition) is 0. The van der Waals surface area contributed by atoms with Crippen LogP contribution in [-0.2, 0) is 0 Å². The van der Waals surface area contributed by atoms with Crippen molar-refractivity contribution in [3.63, 3.8) is 0 Å². The summed E-state index contributed by atoms with van der Waals surface area (Å²) in [5.74, 6) is 3.42. The Morgan fingerprint density at radius 3 is 0.881 bits per heavy atom. The largest absolute Gasteiger partial charge is 0.490 e. The average Bonchev–Trinajstić information content (AvgIpc) is 3.33. The molecule has 0 atom stereocenters. The van der Waals surface area contributed by atoms with Crippen molar-refractivity contribution in [3.8, 4) is 53.6 Å². The lowest BCUT2D eigenvalue weighted by atomic mass is 10.0. The van der Waals surface area contributed by atoms with E-state index in [1.807, 2.05) is 34.8 Å². The van der Waals surface area contributed by atoms with Crippen molar-refractivity contribution in [2.45, 2.75) is 108 Å². The van der Waals surface area contributed by atoms with Crippen LogP contribution in [0.25, 0.3) is 30.6 Å². The quantitative estimate of drug-likeness (QED) is 0.170. The number of benzene rings is 2. The number of rotatable bonds is 11. The molecule has 0 bridgehead atoms. The highest BCUT2D eigenvalue weighted by Gasteiger charge is 2.27. The minimum absolute atomic E-state index is 0.0546. The van der Waals surface area contributed by atoms with Gasteiger partial charge < -0.3 is 18.9 Å². The molecule has 6 heteroatoms. The highest BCUT2D eigenvalue weighted by molar-refractivity contribution is 7.25. The summed E-state index contributed by atoms with van der Waals surface area (Å²) in [6.07, 6.45) is 0.219. The minimum atomic E-state index is 0.0546. The van der Waals surface area contributed by atoms with Crippen LogP contribution in [0, 0.1) is 27.7 Å². The molecule has 0 fully saturated rings. The van der Waals surface area contributed by atoms with Crippen LogP contribution in [0.5, 0.6) is 23.0 Å². The topological polar surface area (TPSA) is 36.9 Å². The maximum absolute atomic E-state index is 6.33. The molecular formula is C36H46O4S2. The number of thiophene rings is 2. The van der Waals surface area contributed by atoms with Gasteiger partial charge in [0.1, 0.15) is 23.0 Å². The molecule has 2 heterocycles. The van der Waals surface area contributed by atoms with Gasteiger partial charge >= 0.3 is 0 Å². The monoisotopic (exact) mass is 606 g/mol. The van der Waals surface area contributed by atoms with Crippen LogP contribution >= 0.6 is 22.7 Å². The third-order valence-corrected chi connectivity index (χ3v) is 9.97. The van der Waals surface area contributed by atoms with Crippen LogP contribution in [0.4, 0.5) is 0 Å². The molecular weight excluding hydrogens is 561 g/mol. The Bertz CT molecular complexity index is 1370. The summed E-state index contributed by atoms with van der Waals surface area (Å²) in [6.45, 7) is 25.4. The lowest BCUT2D eigenvalue weighted by molar-refractivity contribution is 0.230. The Kier molecular flexibility index (Phi) is 9.99. The van der Waals surface area contributed by atoms with Crippen molar-refractivity contribution in [1.29, 1.82) is 0 Å². The smallest absolute Gasteiger partial charge is 0.132 e. The lowest BCUT2D eigenvalue weighted by Gasteiger charge is -2.19. The first-order chi connectivity index (χ1) is 19.8. The Balaban J connectivity index is 1.93. The van der Waals surface area contributed by atoms with Crippen molar-refractivity contribution >= 4 is 22.7 Å². The molecule has 0 unspecified atom stereocenters. The van der Waals surface area contributed by atoms with Crippen molar-refractivity contribution < 1.29 is 18.9 Å². The molecule has 0 aliphatic rings. The molecule has 0 amide bonds. The Morgan fingerprint density at radius 2 is 0.643 bits per heavy atom. The standard InChI is InChI=1S/C36H46O4S2/c1-19(2)37-27-15-13-16-28(38-20(3)4)31(27)33-23(9)25(11)35(41-33)36-26(12)24(10)34(42-36)32-29(39-21(5)6)17-14-18-30(32)40-22(7)8/h13-22H,1-12H3. The summed E-state index contributed by atoms with van der Waals surface area (Å²) in [5, 5.41) is 0. The zero-order valence-corrected chi connectivity index (χ0v) is 28.9. The second kappa shape index (κ2) is 13.1. The van der Waals surface area contributed by atoms with Gasteiger partial charge in [-0.1, -0.05) is 12.1 Å². The molecule has 226 valence electrons. The van der Waals surface area contributed by atoms with Gasteiger partial charge in [0.25, 0.3) is 0 Å². The highest BCUT2D eigenvalue weighted by Crippen LogP contribution is 2.53. The fraction of sp³-hybridized carbons (Fsp3) is 0.444. The molecule has 0 saturated heterocycles. The number of hydrogen-bond acceptors (Lipinski definition) is 6. The van der Waals surface area contributed by atoms with E-state index in [9.17, 15) is 0 Å². The molecule has 0 radical (unpaired) electrons. The SMILES string of the molecule is Cc1c(-c2sc(-c3c(OC(C)C)cccc3OC(C)C)c(C)c2C)sc(-c2c(OC(C)C)cccc2OC(C)C)c1C. The lowest BCUT2D eigenvalue weighted by Crippen LogP contribution is -2.10. The summed E-state index contributed by atoms with van der Waals surface area (Å²) >= 11 is 3.65. The average molecular weight is 607 g/mol. The van der Waals surface area contributed by atoms with Crippen LogP contribution in [0.2, 0.25) is 0 Å². The van der Waals surface area contributed by atoms with E-state index in [-0.39, 0.29) is 24.4 Å². The Morgan fingerprint density at radius 1 is 0.405 bits per heavy atom. The predicted octanol–water partition coefficient (Wildman–Crippen LogP) is 11.2. The van der Waals surface area contributed by atoms with E-state index in [2.05, 4.69) is 107 Å². The van der Waals surface area contributed by atoms with Crippen LogP contribution in [0.15, 0.2) is 36.4 Å². The Hall–Kier alpha value is -2.96. The molecule has 4 nitrogen and oxygen atoms in total. The first-order valence-electron chi connectivity index (χ1n) is 14.9. The maximum Gasteiger partial charge on any atom is 0.132 e. The van der Waals surface area contributed by atoms with E-state index in [4.69, 9.17) is 18.9 Å². The Labute approximate surface area is 260 Å². The van der Waals surface area contributed by atoms with Gasteiger partial charge in [0.2, 0.25) is 0 Å². The zero-order chi connectivity index (χ0) is 30.9. The maximum atomic E-state index is 6.33. The first kappa shape index (κ1) is 32.0. The van der Waals surface area contributed by atoms with E-state index >= 15 is 0 Å². The molecule has 0 spiro atoms. The van der Waals surface area contributed by atoms with E-state index in [1.54, 1.807) is 0 Å². The van der Waals surface area contributed by atoms with Crippen molar-refractivity contribution in [2.24, 2.45) is 0 Å². The minimum Gasteiger partial charge on any atom is -0.490 e. The summed E-state index contributed by atoms with van der Waals surface area (Å²) in [7, 11) is 0. The van der Waals surface area contributed by atoms with Crippen LogP contribution in [0.3, 0.4) is 0 Å². The van der Waals surface area contributed by atoms with Crippen molar-refractivity contribution in [1.82, 2.24) is 0 Å². The molecule has 0 aliphatic heterocycles. The first-order valence-corrected chi connectivity index (χ1v) is 16.6. The molecule has 4 rings (SSSR count). The predicted molar refractivity (Wildman–Crippen MR) is 181 cm³/mol. The third kappa shape index (κ3) is 6.65. The van der Waals surface area contributed by atoms with Gasteiger partial charge in [0, 0.05) is 19.5 Å². The molecule has 42 heavy (non-hydrogen) atoms. The molecule has 0 aliphatic carbocycles. The van der Waals surface area contributed by atoms with Crippen molar-refractivity contribution in [3.05, 3.63) is 58.7 Å². The van der Waals surface area contributed by atoms with Crippen LogP contribution in [0.1, 0.15) is 77.6 Å². The van der Waals surface area contributed by atoms with Gasteiger partial charge in [-0.25, -0.2) is 0 Å². The normalized spacial score (nSPS) is 11.7. The molecule has 0 saturated carbocycles. The van der Waals surface area contributed by atoms with E-state index in [0.717, 1.165) is 34.1 Å². The van der Waals surface area contributed by atoms with Gasteiger partial charge in [-0.3, -0.25) is 0 Å². The van der Waals surface area contributed by atoms with Gasteiger partial charge in [0.05, 0.1) is 35.5 Å². The summed E-state index contributed by atoms with van der Waals surface area (Å²) in [5.41, 5.74) is 7.14. The highest BCUT2D eigenvalue weighted by atomic mass is 32.1. The molecule has 2 aromatic carbocycles. The molecule has 0 N–H and O–H groups in total. The van der Waals surface area contributed by atoms with E-state index in [0.29, 0.717) is 0 Å². The van der Waals surface area contributed by atoms with Crippen molar-refractivity contribution in [2.75, 3.05) is 0 Å². The molecule has 2 aromatic heterocycles. The van der Waals surface area contributed by atoms with Gasteiger partial charge in [-0.05, 0) is 130 Å². The second-order valence-corrected chi connectivity index (χ2v) is 14.0. The third-order valence-electron chi connectivity index (χ3n) is 6.98. The number of ether oxygens (including phenoxy) is 4. The van der Waals surface area contributed by atoms with E-state index in [1.165, 1.54) is 41.8 Å². The van der Waals surface area contributed by atoms with Crippen LogP contribution < -0.4 is 18.9 Å².